The molecule has 33 heavy (non-hydrogen) atoms. The summed E-state index contributed by atoms with van der Waals surface area (Å²) >= 11 is 1.78. The molecule has 0 spiro atoms. The zero-order chi connectivity index (χ0) is 23.2. The monoisotopic (exact) mass is 454 g/mol. The van der Waals surface area contributed by atoms with Gasteiger partial charge in [-0.05, 0) is 29.0 Å². The van der Waals surface area contributed by atoms with E-state index in [4.69, 9.17) is 0 Å². The molecule has 0 unspecified atom stereocenters. The summed E-state index contributed by atoms with van der Waals surface area (Å²) in [5.41, 5.74) is 3.65. The van der Waals surface area contributed by atoms with Crippen molar-refractivity contribution < 1.29 is 4.79 Å². The average Bonchev–Trinajstić information content (AvgIpc) is 2.88. The van der Waals surface area contributed by atoms with Crippen molar-refractivity contribution in [2.24, 2.45) is 0 Å². The van der Waals surface area contributed by atoms with Crippen LogP contribution >= 0.6 is 11.8 Å². The summed E-state index contributed by atoms with van der Waals surface area (Å²) in [4.78, 5) is 12.3. The van der Waals surface area contributed by atoms with Crippen LogP contribution in [0.2, 0.25) is 0 Å². The molecule has 3 aromatic rings. The molecule has 0 heterocycles. The van der Waals surface area contributed by atoms with E-state index in [-0.39, 0.29) is 10.5 Å². The van der Waals surface area contributed by atoms with Crippen LogP contribution in [0.25, 0.3) is 0 Å². The first-order chi connectivity index (χ1) is 16.3. The number of rotatable bonds is 12. The quantitative estimate of drug-likeness (QED) is 0.119. The van der Waals surface area contributed by atoms with Gasteiger partial charge in [0.25, 0.3) is 0 Å². The lowest BCUT2D eigenvalue weighted by Gasteiger charge is -2.35. The molecule has 0 saturated heterocycles. The fourth-order valence-corrected chi connectivity index (χ4v) is 5.45. The van der Waals surface area contributed by atoms with Crippen molar-refractivity contribution in [2.75, 3.05) is 5.75 Å². The van der Waals surface area contributed by atoms with Gasteiger partial charge in [0.05, 0.1) is 10.5 Å². The Morgan fingerprint density at radius 3 is 1.64 bits per heavy atom. The second-order valence-corrected chi connectivity index (χ2v) is 9.50. The third-order valence-corrected chi connectivity index (χ3v) is 7.32. The standard InChI is InChI=1S/C31H34OS/c1-2-3-4-5-6-16-24-30(32)25-17-26-33-31(27-18-10-7-11-19-27,28-20-12-8-13-21-28)29-22-14-9-15-23-29/h7-15,18-23H,2-6,16,24,26H2,1H3. The van der Waals surface area contributed by atoms with Gasteiger partial charge >= 0.3 is 0 Å². The van der Waals surface area contributed by atoms with Crippen LogP contribution in [0.4, 0.5) is 0 Å². The molecule has 0 aliphatic heterocycles. The van der Waals surface area contributed by atoms with E-state index in [9.17, 15) is 4.79 Å². The lowest BCUT2D eigenvalue weighted by Crippen LogP contribution is -2.26. The SMILES string of the molecule is CCCCCCCCC(=O)C#CCSC(c1ccccc1)(c1ccccc1)c1ccccc1. The average molecular weight is 455 g/mol. The molecule has 3 rings (SSSR count). The fraction of sp³-hybridized carbons (Fsp3) is 0.323. The number of hydrogen-bond acceptors (Lipinski definition) is 2. The van der Waals surface area contributed by atoms with Gasteiger partial charge in [-0.3, -0.25) is 4.79 Å². The highest BCUT2D eigenvalue weighted by Gasteiger charge is 2.36. The van der Waals surface area contributed by atoms with Crippen molar-refractivity contribution in [1.29, 1.82) is 0 Å². The molecular formula is C31H34OS. The van der Waals surface area contributed by atoms with Crippen molar-refractivity contribution in [3.8, 4) is 11.8 Å². The molecular weight excluding hydrogens is 420 g/mol. The number of carbonyl (C=O) groups excluding carboxylic acids is 1. The number of hydrogen-bond donors (Lipinski definition) is 0. The summed E-state index contributed by atoms with van der Waals surface area (Å²) in [7, 11) is 0. The van der Waals surface area contributed by atoms with Gasteiger partial charge in [0, 0.05) is 6.42 Å². The Kier molecular flexibility index (Phi) is 10.3. The fourth-order valence-electron chi connectivity index (χ4n) is 4.18. The van der Waals surface area contributed by atoms with E-state index in [1.165, 1.54) is 42.4 Å². The number of benzene rings is 3. The lowest BCUT2D eigenvalue weighted by atomic mass is 9.84. The second-order valence-electron chi connectivity index (χ2n) is 8.31. The van der Waals surface area contributed by atoms with E-state index < -0.39 is 0 Å². The molecule has 0 radical (unpaired) electrons. The van der Waals surface area contributed by atoms with Gasteiger partial charge < -0.3 is 0 Å². The van der Waals surface area contributed by atoms with Crippen molar-refractivity contribution in [1.82, 2.24) is 0 Å². The molecule has 170 valence electrons. The zero-order valence-corrected chi connectivity index (χ0v) is 20.5. The maximum Gasteiger partial charge on any atom is 0.205 e. The van der Waals surface area contributed by atoms with E-state index in [1.54, 1.807) is 11.8 Å². The molecule has 3 aromatic carbocycles. The number of thioether (sulfide) groups is 1. The molecule has 0 N–H and O–H groups in total. The van der Waals surface area contributed by atoms with Crippen LogP contribution < -0.4 is 0 Å². The van der Waals surface area contributed by atoms with Gasteiger partial charge in [0.1, 0.15) is 0 Å². The highest BCUT2D eigenvalue weighted by atomic mass is 32.2. The molecule has 0 saturated carbocycles. The van der Waals surface area contributed by atoms with Gasteiger partial charge in [-0.15, -0.1) is 11.8 Å². The van der Waals surface area contributed by atoms with E-state index in [1.807, 2.05) is 0 Å². The normalized spacial score (nSPS) is 10.9. The Hall–Kier alpha value is -2.76. The highest BCUT2D eigenvalue weighted by molar-refractivity contribution is 8.00. The molecule has 0 fully saturated rings. The van der Waals surface area contributed by atoms with Crippen LogP contribution in [-0.2, 0) is 9.54 Å². The first-order valence-corrected chi connectivity index (χ1v) is 13.1. The van der Waals surface area contributed by atoms with Crippen LogP contribution in [0.5, 0.6) is 0 Å². The van der Waals surface area contributed by atoms with Crippen LogP contribution in [0.1, 0.15) is 68.6 Å². The maximum absolute atomic E-state index is 12.3. The minimum Gasteiger partial charge on any atom is -0.285 e. The van der Waals surface area contributed by atoms with Gasteiger partial charge in [-0.25, -0.2) is 0 Å². The predicted octanol–water partition coefficient (Wildman–Crippen LogP) is 8.03. The molecule has 1 nitrogen and oxygen atoms in total. The van der Waals surface area contributed by atoms with Crippen LogP contribution in [0, 0.1) is 11.8 Å². The molecule has 0 amide bonds. The molecule has 0 aliphatic carbocycles. The highest BCUT2D eigenvalue weighted by Crippen LogP contribution is 2.48. The summed E-state index contributed by atoms with van der Waals surface area (Å²) < 4.78 is -0.388. The van der Waals surface area contributed by atoms with Crippen molar-refractivity contribution in [3.63, 3.8) is 0 Å². The Labute approximate surface area is 204 Å². The van der Waals surface area contributed by atoms with Crippen LogP contribution in [-0.4, -0.2) is 11.5 Å². The van der Waals surface area contributed by atoms with E-state index >= 15 is 0 Å². The van der Waals surface area contributed by atoms with Crippen LogP contribution in [0.3, 0.4) is 0 Å². The summed E-state index contributed by atoms with van der Waals surface area (Å²) in [5.74, 6) is 6.73. The summed E-state index contributed by atoms with van der Waals surface area (Å²) in [6, 6.07) is 31.8. The summed E-state index contributed by atoms with van der Waals surface area (Å²) in [6.07, 6.45) is 7.68. The number of Topliss-reactive ketones (excluding diaryl/α,β-unsaturated/α-hetero) is 1. The van der Waals surface area contributed by atoms with E-state index in [0.29, 0.717) is 12.2 Å². The van der Waals surface area contributed by atoms with Gasteiger partial charge in [0.15, 0.2) is 0 Å². The largest absolute Gasteiger partial charge is 0.285 e. The topological polar surface area (TPSA) is 17.1 Å². The van der Waals surface area contributed by atoms with Gasteiger partial charge in [-0.2, -0.15) is 0 Å². The lowest BCUT2D eigenvalue weighted by molar-refractivity contribution is -0.113. The molecule has 0 aromatic heterocycles. The number of ketones is 1. The maximum atomic E-state index is 12.3. The van der Waals surface area contributed by atoms with E-state index in [2.05, 4.69) is 110 Å². The van der Waals surface area contributed by atoms with Crippen molar-refractivity contribution in [2.45, 2.75) is 56.6 Å². The summed E-state index contributed by atoms with van der Waals surface area (Å²) in [6.45, 7) is 2.22. The summed E-state index contributed by atoms with van der Waals surface area (Å²) in [5, 5.41) is 0. The van der Waals surface area contributed by atoms with Crippen molar-refractivity contribution >= 4 is 17.5 Å². The molecule has 0 atom stereocenters. The Bertz CT molecular complexity index is 919. The first kappa shape index (κ1) is 24.9. The Morgan fingerprint density at radius 1 is 0.697 bits per heavy atom. The molecule has 2 heteroatoms. The Balaban J connectivity index is 1.77. The number of carbonyl (C=O) groups is 1. The third kappa shape index (κ3) is 7.11. The van der Waals surface area contributed by atoms with E-state index in [0.717, 1.165) is 12.8 Å². The molecule has 0 aliphatic rings. The molecule has 0 bridgehead atoms. The minimum absolute atomic E-state index is 0.0656. The van der Waals surface area contributed by atoms with Crippen LogP contribution in [0.15, 0.2) is 91.0 Å². The third-order valence-electron chi connectivity index (χ3n) is 5.89. The van der Waals surface area contributed by atoms with Gasteiger partial charge in [-0.1, -0.05) is 136 Å². The minimum atomic E-state index is -0.388. The second kappa shape index (κ2) is 13.7. The predicted molar refractivity (Wildman–Crippen MR) is 142 cm³/mol. The smallest absolute Gasteiger partial charge is 0.205 e. The van der Waals surface area contributed by atoms with Gasteiger partial charge in [0.2, 0.25) is 5.78 Å². The Morgan fingerprint density at radius 2 is 1.15 bits per heavy atom. The zero-order valence-electron chi connectivity index (χ0n) is 19.6. The number of unbranched alkanes of at least 4 members (excludes halogenated alkanes) is 5. The first-order valence-electron chi connectivity index (χ1n) is 12.1. The van der Waals surface area contributed by atoms with Crippen molar-refractivity contribution in [3.05, 3.63) is 108 Å².